The van der Waals surface area contributed by atoms with Crippen LogP contribution in [0.25, 0.3) is 11.5 Å². The van der Waals surface area contributed by atoms with E-state index in [1.807, 2.05) is 0 Å². The predicted molar refractivity (Wildman–Crippen MR) is 79.4 cm³/mol. The second kappa shape index (κ2) is 5.89. The zero-order valence-corrected chi connectivity index (χ0v) is 12.5. The van der Waals surface area contributed by atoms with Crippen molar-refractivity contribution in [1.82, 2.24) is 10.1 Å². The molecular formula is C13H15Cl2N3O2. The number of nitrogens with zero attached hydrogens (tertiary/aromatic N) is 2. The molecule has 0 saturated heterocycles. The maximum atomic E-state index is 6.02. The summed E-state index contributed by atoms with van der Waals surface area (Å²) < 4.78 is 10.5. The Morgan fingerprint density at radius 3 is 2.85 bits per heavy atom. The van der Waals surface area contributed by atoms with Crippen LogP contribution < -0.4 is 10.5 Å². The predicted octanol–water partition coefficient (Wildman–Crippen LogP) is 3.36. The van der Waals surface area contributed by atoms with Crippen LogP contribution in [-0.4, -0.2) is 17.3 Å². The van der Waals surface area contributed by atoms with Crippen LogP contribution in [0.15, 0.2) is 16.7 Å². The molecule has 1 aliphatic rings. The summed E-state index contributed by atoms with van der Waals surface area (Å²) in [6.45, 7) is 0. The summed E-state index contributed by atoms with van der Waals surface area (Å²) in [6, 6.07) is 3.34. The van der Waals surface area contributed by atoms with Gasteiger partial charge in [0.05, 0.1) is 23.4 Å². The van der Waals surface area contributed by atoms with Crippen molar-refractivity contribution in [1.29, 1.82) is 0 Å². The lowest BCUT2D eigenvalue weighted by molar-refractivity contribution is 0.402. The second-order valence-corrected chi connectivity index (χ2v) is 5.14. The summed E-state index contributed by atoms with van der Waals surface area (Å²) in [5.74, 6) is 2.42. The SMILES string of the molecule is COc1cc(N)c(Cl)cc1-c1nc(CC2CC2)no1.Cl. The van der Waals surface area contributed by atoms with E-state index in [0.29, 0.717) is 33.8 Å². The van der Waals surface area contributed by atoms with E-state index >= 15 is 0 Å². The Hall–Kier alpha value is -1.46. The van der Waals surface area contributed by atoms with Crippen molar-refractivity contribution in [2.75, 3.05) is 12.8 Å². The molecule has 2 aromatic rings. The third-order valence-electron chi connectivity index (χ3n) is 3.19. The maximum absolute atomic E-state index is 6.02. The molecule has 1 aromatic carbocycles. The number of aromatic nitrogens is 2. The topological polar surface area (TPSA) is 74.2 Å². The molecule has 0 amide bonds. The van der Waals surface area contributed by atoms with Crippen molar-refractivity contribution in [3.8, 4) is 17.2 Å². The lowest BCUT2D eigenvalue weighted by Gasteiger charge is -2.07. The molecule has 20 heavy (non-hydrogen) atoms. The van der Waals surface area contributed by atoms with Crippen LogP contribution >= 0.6 is 24.0 Å². The van der Waals surface area contributed by atoms with E-state index in [-0.39, 0.29) is 12.4 Å². The second-order valence-electron chi connectivity index (χ2n) is 4.74. The number of hydrogen-bond donors (Lipinski definition) is 1. The molecule has 0 spiro atoms. The quantitative estimate of drug-likeness (QED) is 0.876. The van der Waals surface area contributed by atoms with Crippen LogP contribution in [0.2, 0.25) is 5.02 Å². The van der Waals surface area contributed by atoms with Crippen molar-refractivity contribution in [2.45, 2.75) is 19.3 Å². The van der Waals surface area contributed by atoms with Gasteiger partial charge in [-0.25, -0.2) is 0 Å². The van der Waals surface area contributed by atoms with Crippen LogP contribution in [0, 0.1) is 5.92 Å². The Morgan fingerprint density at radius 2 is 2.20 bits per heavy atom. The maximum Gasteiger partial charge on any atom is 0.261 e. The van der Waals surface area contributed by atoms with Crippen LogP contribution in [0.4, 0.5) is 5.69 Å². The number of ether oxygens (including phenoxy) is 1. The summed E-state index contributed by atoms with van der Waals surface area (Å²) in [7, 11) is 1.56. The molecule has 1 aliphatic carbocycles. The fourth-order valence-electron chi connectivity index (χ4n) is 1.93. The van der Waals surface area contributed by atoms with Crippen molar-refractivity contribution >= 4 is 29.7 Å². The molecule has 1 heterocycles. The van der Waals surface area contributed by atoms with Gasteiger partial charge in [0.2, 0.25) is 0 Å². The standard InChI is InChI=1S/C13H14ClN3O2.ClH/c1-18-11-6-10(15)9(14)5-8(11)13-16-12(17-19-13)4-7-2-3-7;/h5-7H,2-4,15H2,1H3;1H. The van der Waals surface area contributed by atoms with Gasteiger partial charge in [0.1, 0.15) is 5.75 Å². The molecule has 2 N–H and O–H groups in total. The Morgan fingerprint density at radius 1 is 1.45 bits per heavy atom. The Bertz CT molecular complexity index is 612. The zero-order valence-electron chi connectivity index (χ0n) is 10.9. The van der Waals surface area contributed by atoms with Gasteiger partial charge in [0.25, 0.3) is 5.89 Å². The molecule has 0 unspecified atom stereocenters. The first-order chi connectivity index (χ1) is 9.17. The highest BCUT2D eigenvalue weighted by atomic mass is 35.5. The largest absolute Gasteiger partial charge is 0.496 e. The van der Waals surface area contributed by atoms with Crippen LogP contribution in [-0.2, 0) is 6.42 Å². The Labute approximate surface area is 127 Å². The minimum atomic E-state index is 0. The number of hydrogen-bond acceptors (Lipinski definition) is 5. The van der Waals surface area contributed by atoms with Gasteiger partial charge in [-0.2, -0.15) is 4.98 Å². The molecule has 3 rings (SSSR count). The van der Waals surface area contributed by atoms with Gasteiger partial charge in [-0.15, -0.1) is 12.4 Å². The van der Waals surface area contributed by atoms with Crippen LogP contribution in [0.5, 0.6) is 5.75 Å². The molecule has 0 aliphatic heterocycles. The van der Waals surface area contributed by atoms with Crippen LogP contribution in [0.1, 0.15) is 18.7 Å². The summed E-state index contributed by atoms with van der Waals surface area (Å²) in [5, 5.41) is 4.43. The monoisotopic (exact) mass is 315 g/mol. The minimum absolute atomic E-state index is 0. The van der Waals surface area contributed by atoms with Gasteiger partial charge in [0.15, 0.2) is 5.82 Å². The van der Waals surface area contributed by atoms with E-state index in [0.717, 1.165) is 12.2 Å². The molecule has 5 nitrogen and oxygen atoms in total. The van der Waals surface area contributed by atoms with Crippen molar-refractivity contribution in [3.63, 3.8) is 0 Å². The first-order valence-corrected chi connectivity index (χ1v) is 6.51. The van der Waals surface area contributed by atoms with Crippen molar-refractivity contribution in [3.05, 3.63) is 23.0 Å². The normalized spacial score (nSPS) is 13.9. The summed E-state index contributed by atoms with van der Waals surface area (Å²) in [6.07, 6.45) is 3.37. The summed E-state index contributed by atoms with van der Waals surface area (Å²) >= 11 is 6.02. The highest BCUT2D eigenvalue weighted by Gasteiger charge is 2.24. The fraction of sp³-hybridized carbons (Fsp3) is 0.385. The Kier molecular flexibility index (Phi) is 4.40. The van der Waals surface area contributed by atoms with E-state index in [1.165, 1.54) is 12.8 Å². The third kappa shape index (κ3) is 2.99. The molecule has 0 radical (unpaired) electrons. The van der Waals surface area contributed by atoms with Gasteiger partial charge in [-0.1, -0.05) is 16.8 Å². The number of rotatable bonds is 4. The van der Waals surface area contributed by atoms with Crippen LogP contribution in [0.3, 0.4) is 0 Å². The van der Waals surface area contributed by atoms with E-state index in [1.54, 1.807) is 19.2 Å². The molecule has 108 valence electrons. The average molecular weight is 316 g/mol. The molecular weight excluding hydrogens is 301 g/mol. The molecule has 0 bridgehead atoms. The fourth-order valence-corrected chi connectivity index (χ4v) is 2.10. The average Bonchev–Trinajstić information content (AvgIpc) is 3.08. The molecule has 0 atom stereocenters. The molecule has 7 heteroatoms. The van der Waals surface area contributed by atoms with Gasteiger partial charge < -0.3 is 15.0 Å². The Balaban J connectivity index is 0.00000147. The number of halogens is 2. The minimum Gasteiger partial charge on any atom is -0.496 e. The van der Waals surface area contributed by atoms with E-state index in [2.05, 4.69) is 10.1 Å². The number of methoxy groups -OCH3 is 1. The van der Waals surface area contributed by atoms with Gasteiger partial charge in [-0.3, -0.25) is 0 Å². The van der Waals surface area contributed by atoms with Gasteiger partial charge >= 0.3 is 0 Å². The summed E-state index contributed by atoms with van der Waals surface area (Å²) in [4.78, 5) is 4.38. The first kappa shape index (κ1) is 14.9. The third-order valence-corrected chi connectivity index (χ3v) is 3.51. The zero-order chi connectivity index (χ0) is 13.4. The van der Waals surface area contributed by atoms with Gasteiger partial charge in [-0.05, 0) is 24.8 Å². The van der Waals surface area contributed by atoms with E-state index in [9.17, 15) is 0 Å². The smallest absolute Gasteiger partial charge is 0.261 e. The lowest BCUT2D eigenvalue weighted by Crippen LogP contribution is -1.94. The lowest BCUT2D eigenvalue weighted by atomic mass is 10.1. The van der Waals surface area contributed by atoms with Crippen molar-refractivity contribution < 1.29 is 9.26 Å². The number of nitrogen functional groups attached to an aromatic ring is 1. The van der Waals surface area contributed by atoms with E-state index in [4.69, 9.17) is 26.6 Å². The highest BCUT2D eigenvalue weighted by molar-refractivity contribution is 6.33. The molecule has 1 fully saturated rings. The first-order valence-electron chi connectivity index (χ1n) is 6.13. The highest BCUT2D eigenvalue weighted by Crippen LogP contribution is 2.36. The van der Waals surface area contributed by atoms with Gasteiger partial charge in [0, 0.05) is 12.5 Å². The number of anilines is 1. The molecule has 1 saturated carbocycles. The number of nitrogens with two attached hydrogens (primary N) is 1. The summed E-state index contributed by atoms with van der Waals surface area (Å²) in [5.41, 5.74) is 6.87. The molecule has 1 aromatic heterocycles. The number of benzene rings is 1. The van der Waals surface area contributed by atoms with E-state index < -0.39 is 0 Å². The van der Waals surface area contributed by atoms with Crippen molar-refractivity contribution in [2.24, 2.45) is 5.92 Å².